The van der Waals surface area contributed by atoms with Gasteiger partial charge in [-0.1, -0.05) is 12.1 Å². The number of nitrogens with zero attached hydrogens (tertiary/aromatic N) is 3. The first kappa shape index (κ1) is 8.84. The highest BCUT2D eigenvalue weighted by molar-refractivity contribution is 6.03. The molecule has 1 N–H and O–H groups in total. The Morgan fingerprint density at radius 3 is 2.88 bits per heavy atom. The van der Waals surface area contributed by atoms with Crippen LogP contribution in [0.2, 0.25) is 0 Å². The number of rotatable bonds is 0. The van der Waals surface area contributed by atoms with Crippen LogP contribution in [0.1, 0.15) is 0 Å². The fourth-order valence-corrected chi connectivity index (χ4v) is 1.77. The van der Waals surface area contributed by atoms with Crippen LogP contribution in [0.4, 0.5) is 4.79 Å². The molecule has 5 heteroatoms. The van der Waals surface area contributed by atoms with E-state index in [1.165, 1.54) is 6.33 Å². The number of benzene rings is 1. The number of imidazole rings is 1. The number of carboxylic acid groups (broad SMARTS) is 1. The first-order chi connectivity index (χ1) is 7.77. The molecule has 3 aromatic rings. The Balaban J connectivity index is 2.49. The molecule has 0 aliphatic heterocycles. The predicted molar refractivity (Wildman–Crippen MR) is 58.5 cm³/mol. The standard InChI is InChI=1S/C11H7N3O2/c15-11(16)14-6-13-10-8(14)4-3-7-2-1-5-12-9(7)10/h1-6H,(H,15,16). The summed E-state index contributed by atoms with van der Waals surface area (Å²) in [6.07, 6.45) is 1.92. The van der Waals surface area contributed by atoms with Crippen molar-refractivity contribution in [1.82, 2.24) is 14.5 Å². The van der Waals surface area contributed by atoms with E-state index < -0.39 is 6.09 Å². The molecule has 78 valence electrons. The number of hydrogen-bond donors (Lipinski definition) is 1. The van der Waals surface area contributed by atoms with Gasteiger partial charge in [-0.25, -0.2) is 14.3 Å². The third-order valence-electron chi connectivity index (χ3n) is 2.49. The summed E-state index contributed by atoms with van der Waals surface area (Å²) >= 11 is 0. The van der Waals surface area contributed by atoms with E-state index in [4.69, 9.17) is 5.11 Å². The fraction of sp³-hybridized carbons (Fsp3) is 0. The predicted octanol–water partition coefficient (Wildman–Crippen LogP) is 2.11. The Morgan fingerprint density at radius 1 is 1.19 bits per heavy atom. The summed E-state index contributed by atoms with van der Waals surface area (Å²) < 4.78 is 1.09. The van der Waals surface area contributed by atoms with Crippen molar-refractivity contribution < 1.29 is 9.90 Å². The van der Waals surface area contributed by atoms with E-state index in [-0.39, 0.29) is 0 Å². The molecule has 0 amide bonds. The molecule has 2 heterocycles. The molecular weight excluding hydrogens is 206 g/mol. The minimum Gasteiger partial charge on any atom is -0.464 e. The second-order valence-electron chi connectivity index (χ2n) is 3.41. The summed E-state index contributed by atoms with van der Waals surface area (Å²) in [7, 11) is 0. The molecular formula is C11H7N3O2. The number of carbonyl (C=O) groups is 1. The second kappa shape index (κ2) is 3.03. The molecule has 0 aliphatic rings. The van der Waals surface area contributed by atoms with E-state index in [0.717, 1.165) is 15.5 Å². The van der Waals surface area contributed by atoms with Gasteiger partial charge in [-0.2, -0.15) is 0 Å². The van der Waals surface area contributed by atoms with Crippen LogP contribution < -0.4 is 0 Å². The average Bonchev–Trinajstić information content (AvgIpc) is 2.73. The van der Waals surface area contributed by atoms with Gasteiger partial charge >= 0.3 is 6.09 Å². The van der Waals surface area contributed by atoms with E-state index in [1.54, 1.807) is 12.3 Å². The third kappa shape index (κ3) is 1.08. The summed E-state index contributed by atoms with van der Waals surface area (Å²) in [4.78, 5) is 19.2. The van der Waals surface area contributed by atoms with Gasteiger partial charge < -0.3 is 5.11 Å². The van der Waals surface area contributed by atoms with Gasteiger partial charge in [0.1, 0.15) is 11.8 Å². The molecule has 5 nitrogen and oxygen atoms in total. The molecule has 16 heavy (non-hydrogen) atoms. The SMILES string of the molecule is O=C(O)n1cnc2c3ncccc3ccc21. The van der Waals surface area contributed by atoms with Crippen molar-refractivity contribution in [2.75, 3.05) is 0 Å². The molecule has 2 aromatic heterocycles. The lowest BCUT2D eigenvalue weighted by Crippen LogP contribution is -2.05. The Hall–Kier alpha value is -2.43. The number of fused-ring (bicyclic) bond motifs is 3. The van der Waals surface area contributed by atoms with Gasteiger partial charge in [0.15, 0.2) is 0 Å². The third-order valence-corrected chi connectivity index (χ3v) is 2.49. The number of pyridine rings is 1. The molecule has 3 rings (SSSR count). The first-order valence-electron chi connectivity index (χ1n) is 4.71. The quantitative estimate of drug-likeness (QED) is 0.621. The van der Waals surface area contributed by atoms with Crippen molar-refractivity contribution >= 4 is 28.0 Å². The van der Waals surface area contributed by atoms with Crippen LogP contribution in [0.3, 0.4) is 0 Å². The molecule has 0 fully saturated rings. The van der Waals surface area contributed by atoms with Crippen LogP contribution in [0.25, 0.3) is 21.9 Å². The maximum absolute atomic E-state index is 10.9. The van der Waals surface area contributed by atoms with Crippen molar-refractivity contribution in [1.29, 1.82) is 0 Å². The molecule has 0 saturated carbocycles. The zero-order valence-electron chi connectivity index (χ0n) is 8.16. The van der Waals surface area contributed by atoms with Gasteiger partial charge in [0.25, 0.3) is 0 Å². The molecule has 0 radical (unpaired) electrons. The minimum atomic E-state index is -1.04. The van der Waals surface area contributed by atoms with Crippen LogP contribution >= 0.6 is 0 Å². The molecule has 0 bridgehead atoms. The zero-order chi connectivity index (χ0) is 11.1. The van der Waals surface area contributed by atoms with Crippen molar-refractivity contribution in [3.8, 4) is 0 Å². The lowest BCUT2D eigenvalue weighted by molar-refractivity contribution is 0.197. The molecule has 0 aliphatic carbocycles. The minimum absolute atomic E-state index is 0.554. The smallest absolute Gasteiger partial charge is 0.417 e. The monoisotopic (exact) mass is 213 g/mol. The van der Waals surface area contributed by atoms with E-state index in [9.17, 15) is 4.79 Å². The van der Waals surface area contributed by atoms with Crippen LogP contribution in [0.15, 0.2) is 36.8 Å². The molecule has 1 aromatic carbocycles. The topological polar surface area (TPSA) is 68.0 Å². The van der Waals surface area contributed by atoms with Crippen LogP contribution in [0.5, 0.6) is 0 Å². The average molecular weight is 213 g/mol. The maximum Gasteiger partial charge on any atom is 0.417 e. The normalized spacial score (nSPS) is 11.0. The van der Waals surface area contributed by atoms with Crippen LogP contribution in [0, 0.1) is 0 Å². The van der Waals surface area contributed by atoms with Gasteiger partial charge in [-0.05, 0) is 12.1 Å². The highest BCUT2D eigenvalue weighted by Crippen LogP contribution is 2.21. The van der Waals surface area contributed by atoms with Gasteiger partial charge in [-0.3, -0.25) is 4.98 Å². The molecule has 0 atom stereocenters. The van der Waals surface area contributed by atoms with E-state index in [0.29, 0.717) is 11.0 Å². The Morgan fingerprint density at radius 2 is 2.06 bits per heavy atom. The van der Waals surface area contributed by atoms with Gasteiger partial charge in [0.2, 0.25) is 0 Å². The number of hydrogen-bond acceptors (Lipinski definition) is 3. The largest absolute Gasteiger partial charge is 0.464 e. The Labute approximate surface area is 90.0 Å². The maximum atomic E-state index is 10.9. The summed E-state index contributed by atoms with van der Waals surface area (Å²) in [5.41, 5.74) is 1.89. The van der Waals surface area contributed by atoms with Crippen molar-refractivity contribution in [2.45, 2.75) is 0 Å². The first-order valence-corrected chi connectivity index (χ1v) is 4.71. The fourth-order valence-electron chi connectivity index (χ4n) is 1.77. The molecule has 0 unspecified atom stereocenters. The van der Waals surface area contributed by atoms with E-state index >= 15 is 0 Å². The highest BCUT2D eigenvalue weighted by Gasteiger charge is 2.10. The Bertz CT molecular complexity index is 703. The van der Waals surface area contributed by atoms with Crippen molar-refractivity contribution in [3.63, 3.8) is 0 Å². The summed E-state index contributed by atoms with van der Waals surface area (Å²) in [5, 5.41) is 9.90. The lowest BCUT2D eigenvalue weighted by atomic mass is 10.2. The van der Waals surface area contributed by atoms with E-state index in [1.807, 2.05) is 18.2 Å². The Kier molecular flexibility index (Phi) is 1.67. The number of aromatic nitrogens is 3. The van der Waals surface area contributed by atoms with Crippen molar-refractivity contribution in [2.24, 2.45) is 0 Å². The van der Waals surface area contributed by atoms with Gasteiger partial charge in [-0.15, -0.1) is 0 Å². The summed E-state index contributed by atoms with van der Waals surface area (Å²) in [5.74, 6) is 0. The van der Waals surface area contributed by atoms with Crippen molar-refractivity contribution in [3.05, 3.63) is 36.8 Å². The van der Waals surface area contributed by atoms with Crippen LogP contribution in [-0.2, 0) is 0 Å². The lowest BCUT2D eigenvalue weighted by Gasteiger charge is -1.98. The van der Waals surface area contributed by atoms with Crippen LogP contribution in [-0.4, -0.2) is 25.7 Å². The molecule has 0 spiro atoms. The second-order valence-corrected chi connectivity index (χ2v) is 3.41. The zero-order valence-corrected chi connectivity index (χ0v) is 8.16. The van der Waals surface area contributed by atoms with E-state index in [2.05, 4.69) is 9.97 Å². The van der Waals surface area contributed by atoms with Gasteiger partial charge in [0, 0.05) is 11.6 Å². The van der Waals surface area contributed by atoms with Gasteiger partial charge in [0.05, 0.1) is 11.0 Å². The summed E-state index contributed by atoms with van der Waals surface area (Å²) in [6.45, 7) is 0. The highest BCUT2D eigenvalue weighted by atomic mass is 16.4. The molecule has 0 saturated heterocycles. The summed E-state index contributed by atoms with van der Waals surface area (Å²) in [6, 6.07) is 7.33.